The van der Waals surface area contributed by atoms with Gasteiger partial charge in [0.05, 0.1) is 0 Å². The Morgan fingerprint density at radius 1 is 0.800 bits per heavy atom. The molecule has 0 amide bonds. The molecule has 0 aliphatic carbocycles. The van der Waals surface area contributed by atoms with E-state index >= 15 is 0 Å². The first-order valence-electron chi connectivity index (χ1n) is 13.6. The number of hydrogen-bond donors (Lipinski definition) is 0. The average Bonchev–Trinajstić information content (AvgIpc) is 3.27. The number of aryl methyl sites for hydroxylation is 6. The second-order valence-corrected chi connectivity index (χ2v) is 16.8. The van der Waals surface area contributed by atoms with Crippen LogP contribution in [-0.2, 0) is 13.5 Å². The maximum Gasteiger partial charge on any atom is 0.0146 e. The maximum absolute atomic E-state index is 5.94. The van der Waals surface area contributed by atoms with Crippen molar-refractivity contribution in [2.45, 2.75) is 61.5 Å². The Hall–Kier alpha value is -2.07. The fraction of sp³-hybridized carbons (Fsp3) is 0.394. The van der Waals surface area contributed by atoms with E-state index in [1.165, 1.54) is 44.8 Å². The van der Waals surface area contributed by atoms with Gasteiger partial charge in [0, 0.05) is 24.5 Å². The molecular formula is C33H44Cl2N3ORu-. The summed E-state index contributed by atoms with van der Waals surface area (Å²) in [6.07, 6.45) is 0.138. The summed E-state index contributed by atoms with van der Waals surface area (Å²) in [6, 6.07) is 15.1. The van der Waals surface area contributed by atoms with Crippen LogP contribution in [0, 0.1) is 48.2 Å². The van der Waals surface area contributed by atoms with Crippen LogP contribution in [0.15, 0.2) is 42.5 Å². The van der Waals surface area contributed by atoms with Crippen LogP contribution in [0.3, 0.4) is 0 Å². The minimum atomic E-state index is -1.84. The van der Waals surface area contributed by atoms with E-state index in [4.69, 9.17) is 24.1 Å². The maximum atomic E-state index is 5.94. The van der Waals surface area contributed by atoms with Crippen molar-refractivity contribution in [1.82, 2.24) is 0 Å². The monoisotopic (exact) mass is 670 g/mol. The first-order chi connectivity index (χ1) is 18.8. The van der Waals surface area contributed by atoms with Crippen LogP contribution < -0.4 is 19.4 Å². The number of benzene rings is 3. The third kappa shape index (κ3) is 8.47. The molecule has 0 atom stereocenters. The zero-order valence-electron chi connectivity index (χ0n) is 25.5. The Balaban J connectivity index is 0.000000232. The first-order valence-corrected chi connectivity index (χ1v) is 19.1. The van der Waals surface area contributed by atoms with Gasteiger partial charge in [-0.3, -0.25) is 0 Å². The Morgan fingerprint density at radius 3 is 1.62 bits per heavy atom. The molecule has 220 valence electrons. The zero-order valence-corrected chi connectivity index (χ0v) is 28.8. The summed E-state index contributed by atoms with van der Waals surface area (Å²) >= 11 is -1.84. The van der Waals surface area contributed by atoms with E-state index < -0.39 is 13.5 Å². The second kappa shape index (κ2) is 14.2. The topological polar surface area (TPSA) is 19.0 Å². The number of anilines is 3. The van der Waals surface area contributed by atoms with Crippen molar-refractivity contribution in [3.8, 4) is 5.75 Å². The Bertz CT molecular complexity index is 1260. The van der Waals surface area contributed by atoms with Gasteiger partial charge in [-0.25, -0.2) is 0 Å². The summed E-state index contributed by atoms with van der Waals surface area (Å²) in [5.41, 5.74) is 12.9. The van der Waals surface area contributed by atoms with Gasteiger partial charge in [-0.2, -0.15) is 6.67 Å². The van der Waals surface area contributed by atoms with Crippen LogP contribution in [0.5, 0.6) is 5.75 Å². The van der Waals surface area contributed by atoms with Crippen LogP contribution >= 0.6 is 19.4 Å². The van der Waals surface area contributed by atoms with Gasteiger partial charge in [0.1, 0.15) is 0 Å². The molecule has 1 heterocycles. The molecule has 0 aromatic heterocycles. The van der Waals surface area contributed by atoms with Gasteiger partial charge in [-0.1, -0.05) is 35.4 Å². The van der Waals surface area contributed by atoms with Gasteiger partial charge in [0.25, 0.3) is 0 Å². The van der Waals surface area contributed by atoms with E-state index in [1.54, 1.807) is 0 Å². The molecule has 0 unspecified atom stereocenters. The van der Waals surface area contributed by atoms with Crippen molar-refractivity contribution in [2.24, 2.45) is 0 Å². The largest absolute Gasteiger partial charge is 0.502 e. The summed E-state index contributed by atoms with van der Waals surface area (Å²) in [6.45, 7) is 21.6. The number of halogens is 2. The molecule has 0 radical (unpaired) electrons. The number of nitrogens with zero attached hydrogens (tertiary/aromatic N) is 3. The molecule has 7 heteroatoms. The molecule has 0 saturated carbocycles. The normalized spacial score (nSPS) is 13.3. The van der Waals surface area contributed by atoms with E-state index in [9.17, 15) is 0 Å². The van der Waals surface area contributed by atoms with Crippen LogP contribution in [0.1, 0.15) is 52.8 Å². The van der Waals surface area contributed by atoms with E-state index in [1.807, 2.05) is 55.7 Å². The minimum absolute atomic E-state index is 0.138. The third-order valence-electron chi connectivity index (χ3n) is 6.77. The number of rotatable bonds is 6. The van der Waals surface area contributed by atoms with Crippen molar-refractivity contribution in [3.63, 3.8) is 0 Å². The fourth-order valence-electron chi connectivity index (χ4n) is 5.43. The van der Waals surface area contributed by atoms with Crippen LogP contribution in [0.25, 0.3) is 0 Å². The van der Waals surface area contributed by atoms with E-state index in [0.29, 0.717) is 0 Å². The van der Waals surface area contributed by atoms with Crippen LogP contribution in [-0.4, -0.2) is 37.9 Å². The Kier molecular flexibility index (Phi) is 11.5. The zero-order chi connectivity index (χ0) is 29.7. The number of hydrogen-bond acceptors (Lipinski definition) is 4. The summed E-state index contributed by atoms with van der Waals surface area (Å²) < 4.78 is 7.65. The fourth-order valence-corrected chi connectivity index (χ4v) is 7.21. The summed E-state index contributed by atoms with van der Waals surface area (Å²) in [4.78, 5) is 6.85. The van der Waals surface area contributed by atoms with Gasteiger partial charge in [-0.15, -0.1) is 0 Å². The summed E-state index contributed by atoms with van der Waals surface area (Å²) in [5.74, 6) is 0.839. The predicted molar refractivity (Wildman–Crippen MR) is 174 cm³/mol. The first kappa shape index (κ1) is 32.4. The van der Waals surface area contributed by atoms with Crippen molar-refractivity contribution >= 4 is 41.1 Å². The molecule has 4 nitrogen and oxygen atoms in total. The molecule has 1 saturated heterocycles. The molecule has 0 spiro atoms. The standard InChI is InChI=1S/C21H27N2.C12H17NO.2ClH.Ru/c1-14-9-16(3)20(17(4)10-14)22-7-8-23(13-22)21-18(5)11-15(2)12-19(21)6;1-9(2)14-12-7-6-11(13(4)5)8-10(12)3;;;/h9-13H,7-8H2,1-6H3;3,6-9H,1-2,4-5H3;2*1H;/q-1;;;;+2/p-2. The molecular weight excluding hydrogens is 626 g/mol. The van der Waals surface area contributed by atoms with Gasteiger partial charge in [0.15, 0.2) is 0 Å². The van der Waals surface area contributed by atoms with E-state index in [0.717, 1.165) is 30.1 Å². The molecule has 1 aliphatic heterocycles. The molecule has 3 aromatic rings. The Labute approximate surface area is 255 Å². The van der Waals surface area contributed by atoms with E-state index in [-0.39, 0.29) is 6.10 Å². The van der Waals surface area contributed by atoms with Gasteiger partial charge >= 0.3 is 116 Å². The van der Waals surface area contributed by atoms with Crippen molar-refractivity contribution < 1.29 is 18.3 Å². The summed E-state index contributed by atoms with van der Waals surface area (Å²) in [5, 5.41) is 0. The third-order valence-corrected chi connectivity index (χ3v) is 8.60. The smallest absolute Gasteiger partial charge is 0.0146 e. The summed E-state index contributed by atoms with van der Waals surface area (Å²) in [7, 11) is 15.9. The quantitative estimate of drug-likeness (QED) is 0.193. The van der Waals surface area contributed by atoms with Crippen molar-refractivity contribution in [2.75, 3.05) is 41.9 Å². The van der Waals surface area contributed by atoms with Crippen molar-refractivity contribution in [1.29, 1.82) is 0 Å². The molecule has 1 fully saturated rings. The molecule has 0 bridgehead atoms. The van der Waals surface area contributed by atoms with Gasteiger partial charge in [-0.05, 0) is 63.8 Å². The minimum Gasteiger partial charge on any atom is -0.502 e. The number of ether oxygens (including phenoxy) is 1. The van der Waals surface area contributed by atoms with E-state index in [2.05, 4.69) is 82.3 Å². The molecule has 0 N–H and O–H groups in total. The molecule has 1 aliphatic rings. The SMILES string of the molecule is CC(C)Oc1ccc(N(C)C)cc1[CH]=[Ru]([Cl])[Cl].Cc1cc(C)c(N2[CH-]N(c3c(C)cc(C)cc3C)CC2)c(C)c1. The molecule has 3 aromatic carbocycles. The van der Waals surface area contributed by atoms with Crippen LogP contribution in [0.2, 0.25) is 0 Å². The predicted octanol–water partition coefficient (Wildman–Crippen LogP) is 8.60. The second-order valence-electron chi connectivity index (χ2n) is 11.1. The van der Waals surface area contributed by atoms with Gasteiger partial charge in [0.2, 0.25) is 0 Å². The average molecular weight is 671 g/mol. The molecule has 40 heavy (non-hydrogen) atoms. The van der Waals surface area contributed by atoms with Gasteiger partial charge < -0.3 is 9.80 Å². The molecule has 4 rings (SSSR count). The van der Waals surface area contributed by atoms with Crippen LogP contribution in [0.4, 0.5) is 17.1 Å². The Morgan fingerprint density at radius 2 is 1.25 bits per heavy atom. The van der Waals surface area contributed by atoms with Crippen molar-refractivity contribution in [3.05, 3.63) is 88.1 Å².